The number of carbonyl (C=O) groups excluding carboxylic acids is 1. The molecule has 4 fully saturated rings. The van der Waals surface area contributed by atoms with Gasteiger partial charge in [0.15, 0.2) is 0 Å². The van der Waals surface area contributed by atoms with Gasteiger partial charge in [0, 0.05) is 0 Å². The second kappa shape index (κ2) is 7.96. The highest BCUT2D eigenvalue weighted by Crippen LogP contribution is 2.37. The molecule has 188 valence electrons. The van der Waals surface area contributed by atoms with Crippen LogP contribution in [0, 0.1) is 0 Å². The number of carbonyl (C=O) groups is 1. The lowest BCUT2D eigenvalue weighted by Gasteiger charge is -2.44. The molecule has 4 aliphatic heterocycles. The Bertz CT molecular complexity index is 1050. The molecule has 4 atom stereocenters. The molecule has 35 heavy (non-hydrogen) atoms. The van der Waals surface area contributed by atoms with Gasteiger partial charge in [-0.1, -0.05) is 36.4 Å². The first kappa shape index (κ1) is 23.3. The van der Waals surface area contributed by atoms with Crippen molar-refractivity contribution in [1.82, 2.24) is 15.1 Å². The highest BCUT2D eigenvalue weighted by molar-refractivity contribution is 6.06. The van der Waals surface area contributed by atoms with Crippen LogP contribution in [0.2, 0.25) is 0 Å². The van der Waals surface area contributed by atoms with Gasteiger partial charge in [0.25, 0.3) is 5.91 Å². The van der Waals surface area contributed by atoms with Gasteiger partial charge in [0.05, 0.1) is 58.2 Å². The average Bonchev–Trinajstić information content (AvgIpc) is 3.66. The van der Waals surface area contributed by atoms with Crippen LogP contribution in [0.15, 0.2) is 42.5 Å². The summed E-state index contributed by atoms with van der Waals surface area (Å²) in [4.78, 5) is 14.5. The van der Waals surface area contributed by atoms with E-state index in [1.165, 1.54) is 0 Å². The number of hydrazine groups is 2. The van der Waals surface area contributed by atoms with Crippen LogP contribution in [0.4, 0.5) is 0 Å². The second-order valence-electron chi connectivity index (χ2n) is 11.7. The van der Waals surface area contributed by atoms with E-state index in [0.29, 0.717) is 58.2 Å². The summed E-state index contributed by atoms with van der Waals surface area (Å²) in [5, 5.41) is 8.08. The van der Waals surface area contributed by atoms with Gasteiger partial charge >= 0.3 is 0 Å². The summed E-state index contributed by atoms with van der Waals surface area (Å²) >= 11 is 0. The largest absolute Gasteiger partial charge is 0.368 e. The molecule has 1 amide bonds. The normalized spacial score (nSPS) is 34.9. The fourth-order valence-corrected chi connectivity index (χ4v) is 4.74. The predicted molar refractivity (Wildman–Crippen MR) is 131 cm³/mol. The van der Waals surface area contributed by atoms with Crippen molar-refractivity contribution in [2.24, 2.45) is 0 Å². The van der Waals surface area contributed by atoms with Gasteiger partial charge in [-0.2, -0.15) is 15.1 Å². The third-order valence-electron chi connectivity index (χ3n) is 7.35. The molecule has 4 heterocycles. The maximum atomic E-state index is 14.5. The molecule has 0 bridgehead atoms. The zero-order valence-electron chi connectivity index (χ0n) is 21.1. The third-order valence-corrected chi connectivity index (χ3v) is 7.35. The minimum atomic E-state index is -0.284. The predicted octanol–water partition coefficient (Wildman–Crippen LogP) is 2.87. The van der Waals surface area contributed by atoms with E-state index in [2.05, 4.69) is 37.7 Å². The molecule has 0 aliphatic carbocycles. The summed E-state index contributed by atoms with van der Waals surface area (Å²) in [7, 11) is 0. The lowest BCUT2D eigenvalue weighted by Crippen LogP contribution is -2.62. The summed E-state index contributed by atoms with van der Waals surface area (Å²) in [5.41, 5.74) is -0.462. The summed E-state index contributed by atoms with van der Waals surface area (Å²) in [6.45, 7) is 13.5. The molecule has 4 saturated heterocycles. The molecular formula is C27H35N3O5. The van der Waals surface area contributed by atoms with E-state index in [9.17, 15) is 4.79 Å². The molecule has 8 heteroatoms. The fourth-order valence-electron chi connectivity index (χ4n) is 4.74. The average molecular weight is 482 g/mol. The van der Waals surface area contributed by atoms with Crippen LogP contribution in [0.3, 0.4) is 0 Å². The Morgan fingerprint density at radius 2 is 1.09 bits per heavy atom. The van der Waals surface area contributed by atoms with Crippen molar-refractivity contribution in [2.45, 2.75) is 50.1 Å². The van der Waals surface area contributed by atoms with E-state index in [-0.39, 0.29) is 28.3 Å². The smallest absolute Gasteiger partial charge is 0.283 e. The van der Waals surface area contributed by atoms with Crippen LogP contribution in [0.5, 0.6) is 0 Å². The quantitative estimate of drug-likeness (QED) is 0.361. The summed E-state index contributed by atoms with van der Waals surface area (Å²) in [6, 6.07) is 14.0. The van der Waals surface area contributed by atoms with Crippen molar-refractivity contribution in [1.29, 1.82) is 0 Å². The van der Waals surface area contributed by atoms with Crippen molar-refractivity contribution in [3.8, 4) is 0 Å². The molecule has 0 N–H and O–H groups in total. The third kappa shape index (κ3) is 5.09. The van der Waals surface area contributed by atoms with E-state index >= 15 is 0 Å². The fraction of sp³-hybridized carbons (Fsp3) is 0.593. The van der Waals surface area contributed by atoms with Gasteiger partial charge in [-0.05, 0) is 44.5 Å². The Kier molecular flexibility index (Phi) is 5.31. The maximum Gasteiger partial charge on any atom is 0.283 e. The number of benzene rings is 2. The first-order chi connectivity index (χ1) is 16.6. The first-order valence-corrected chi connectivity index (χ1v) is 12.5. The van der Waals surface area contributed by atoms with E-state index in [1.807, 2.05) is 47.6 Å². The Balaban J connectivity index is 1.42. The second-order valence-corrected chi connectivity index (χ2v) is 11.7. The molecule has 0 saturated carbocycles. The SMILES string of the molecule is CC1(CN(CC2(C)CO2)N(C(=O)c2cccc3ccccc23)N(CC2(C)CO2)CC2(C)CO2)CO1. The van der Waals surface area contributed by atoms with Crippen molar-refractivity contribution in [3.05, 3.63) is 48.0 Å². The number of epoxide rings is 4. The standard InChI is InChI=1S/C27H35N3O5/c1-24(16-32-24)12-28(13-25(2)17-33-25)30(29(14-26(3)18-34-26)15-27(4)19-35-27)23(31)22-11-7-9-20-8-5-6-10-21(20)22/h5-11H,12-19H2,1-4H3. The molecule has 8 nitrogen and oxygen atoms in total. The van der Waals surface area contributed by atoms with Crippen LogP contribution in [-0.2, 0) is 18.9 Å². The summed E-state index contributed by atoms with van der Waals surface area (Å²) < 4.78 is 23.1. The molecule has 4 aliphatic rings. The number of amides is 1. The lowest BCUT2D eigenvalue weighted by atomic mass is 10.0. The van der Waals surface area contributed by atoms with E-state index in [1.54, 1.807) is 0 Å². The molecule has 2 aromatic rings. The van der Waals surface area contributed by atoms with Crippen LogP contribution in [0.25, 0.3) is 10.8 Å². The minimum Gasteiger partial charge on any atom is -0.368 e. The van der Waals surface area contributed by atoms with E-state index in [0.717, 1.165) is 10.8 Å². The van der Waals surface area contributed by atoms with Crippen molar-refractivity contribution in [2.75, 3.05) is 52.6 Å². The molecule has 0 radical (unpaired) electrons. The summed E-state index contributed by atoms with van der Waals surface area (Å²) in [5.74, 6) is -0.0659. The van der Waals surface area contributed by atoms with Gasteiger partial charge in [-0.25, -0.2) is 0 Å². The van der Waals surface area contributed by atoms with Gasteiger partial charge in [-0.3, -0.25) is 4.79 Å². The Morgan fingerprint density at radius 1 is 0.686 bits per heavy atom. The topological polar surface area (TPSA) is 76.9 Å². The van der Waals surface area contributed by atoms with Gasteiger partial charge < -0.3 is 18.9 Å². The van der Waals surface area contributed by atoms with Crippen molar-refractivity contribution in [3.63, 3.8) is 0 Å². The van der Waals surface area contributed by atoms with Crippen LogP contribution >= 0.6 is 0 Å². The summed E-state index contributed by atoms with van der Waals surface area (Å²) in [6.07, 6.45) is 0. The van der Waals surface area contributed by atoms with Crippen LogP contribution in [-0.4, -0.2) is 96.1 Å². The molecule has 6 rings (SSSR count). The van der Waals surface area contributed by atoms with Crippen molar-refractivity contribution < 1.29 is 23.7 Å². The van der Waals surface area contributed by atoms with Gasteiger partial charge in [0.2, 0.25) is 0 Å². The molecule has 4 unspecified atom stereocenters. The minimum absolute atomic E-state index is 0.0659. The number of hydrogen-bond acceptors (Lipinski definition) is 7. The highest BCUT2D eigenvalue weighted by Gasteiger charge is 2.52. The Morgan fingerprint density at radius 3 is 1.51 bits per heavy atom. The number of rotatable bonds is 11. The first-order valence-electron chi connectivity index (χ1n) is 12.5. The zero-order chi connectivity index (χ0) is 24.5. The van der Waals surface area contributed by atoms with Gasteiger partial charge in [0.1, 0.15) is 22.4 Å². The highest BCUT2D eigenvalue weighted by atomic mass is 16.6. The number of nitrogens with zero attached hydrogens (tertiary/aromatic N) is 3. The van der Waals surface area contributed by atoms with Crippen LogP contribution in [0.1, 0.15) is 38.1 Å². The monoisotopic (exact) mass is 481 g/mol. The number of hydrogen-bond donors (Lipinski definition) is 0. The molecular weight excluding hydrogens is 446 g/mol. The number of fused-ring (bicyclic) bond motifs is 1. The van der Waals surface area contributed by atoms with E-state index < -0.39 is 0 Å². The lowest BCUT2D eigenvalue weighted by molar-refractivity contribution is -0.169. The molecule has 0 spiro atoms. The number of ether oxygens (including phenoxy) is 4. The Labute approximate surface area is 206 Å². The molecule has 2 aromatic carbocycles. The van der Waals surface area contributed by atoms with E-state index in [4.69, 9.17) is 18.9 Å². The van der Waals surface area contributed by atoms with Crippen LogP contribution < -0.4 is 0 Å². The Hall–Kier alpha value is -2.07. The molecule has 0 aromatic heterocycles. The zero-order valence-corrected chi connectivity index (χ0v) is 21.1. The van der Waals surface area contributed by atoms with Crippen molar-refractivity contribution >= 4 is 16.7 Å². The van der Waals surface area contributed by atoms with Gasteiger partial charge in [-0.15, -0.1) is 0 Å². The maximum absolute atomic E-state index is 14.5.